The number of carboxylic acids is 1. The summed E-state index contributed by atoms with van der Waals surface area (Å²) in [6, 6.07) is 22.9. The summed E-state index contributed by atoms with van der Waals surface area (Å²) in [6.07, 6.45) is 1.00. The molecule has 3 atom stereocenters. The minimum absolute atomic E-state index is 0.0929. The zero-order valence-corrected chi connectivity index (χ0v) is 15.1. The van der Waals surface area contributed by atoms with Crippen LogP contribution in [0.15, 0.2) is 66.7 Å². The normalized spacial score (nSPS) is 22.3. The number of anilines is 1. The first-order valence-electron chi connectivity index (χ1n) is 9.40. The summed E-state index contributed by atoms with van der Waals surface area (Å²) in [5, 5.41) is 13.4. The second kappa shape index (κ2) is 5.98. The van der Waals surface area contributed by atoms with E-state index in [0.29, 0.717) is 11.5 Å². The topological polar surface area (TPSA) is 49.3 Å². The Morgan fingerprint density at radius 3 is 2.59 bits per heavy atom. The van der Waals surface area contributed by atoms with Crippen LogP contribution in [0.3, 0.4) is 0 Å². The van der Waals surface area contributed by atoms with Crippen molar-refractivity contribution in [1.29, 1.82) is 0 Å². The summed E-state index contributed by atoms with van der Waals surface area (Å²) in [5.74, 6) is -0.282. The quantitative estimate of drug-likeness (QED) is 0.667. The highest BCUT2D eigenvalue weighted by atomic mass is 16.4. The molecule has 1 heterocycles. The lowest BCUT2D eigenvalue weighted by atomic mass is 9.75. The summed E-state index contributed by atoms with van der Waals surface area (Å²) < 4.78 is 0. The minimum Gasteiger partial charge on any atom is -0.478 e. The van der Waals surface area contributed by atoms with Crippen LogP contribution in [-0.2, 0) is 6.42 Å². The number of rotatable bonds is 2. The van der Waals surface area contributed by atoms with E-state index < -0.39 is 5.97 Å². The van der Waals surface area contributed by atoms with E-state index in [-0.39, 0.29) is 12.0 Å². The van der Waals surface area contributed by atoms with E-state index in [1.165, 1.54) is 22.3 Å². The van der Waals surface area contributed by atoms with Crippen molar-refractivity contribution in [2.45, 2.75) is 25.3 Å². The second-order valence-electron chi connectivity index (χ2n) is 7.66. The van der Waals surface area contributed by atoms with Crippen LogP contribution < -0.4 is 5.32 Å². The van der Waals surface area contributed by atoms with Gasteiger partial charge in [0.1, 0.15) is 0 Å². The summed E-state index contributed by atoms with van der Waals surface area (Å²) in [4.78, 5) is 11.9. The van der Waals surface area contributed by atoms with Crippen molar-refractivity contribution in [3.8, 4) is 0 Å². The average Bonchev–Trinajstić information content (AvgIpc) is 3.06. The third-order valence-corrected chi connectivity index (χ3v) is 6.07. The Kier molecular flexibility index (Phi) is 3.57. The Bertz CT molecular complexity index is 1060. The molecule has 3 aromatic carbocycles. The number of benzene rings is 3. The third kappa shape index (κ3) is 2.46. The molecule has 0 saturated heterocycles. The highest BCUT2D eigenvalue weighted by molar-refractivity contribution is 5.96. The number of fused-ring (bicyclic) bond motifs is 5. The molecule has 0 unspecified atom stereocenters. The van der Waals surface area contributed by atoms with Crippen LogP contribution in [0.25, 0.3) is 0 Å². The lowest BCUT2D eigenvalue weighted by Gasteiger charge is -2.38. The molecule has 0 amide bonds. The Morgan fingerprint density at radius 1 is 1.00 bits per heavy atom. The van der Waals surface area contributed by atoms with Crippen molar-refractivity contribution < 1.29 is 9.90 Å². The van der Waals surface area contributed by atoms with Crippen LogP contribution in [0.5, 0.6) is 0 Å². The number of hydrogen-bond donors (Lipinski definition) is 2. The zero-order chi connectivity index (χ0) is 18.5. The van der Waals surface area contributed by atoms with Crippen molar-refractivity contribution in [3.63, 3.8) is 0 Å². The Labute approximate surface area is 158 Å². The minimum atomic E-state index is -0.882. The van der Waals surface area contributed by atoms with Crippen molar-refractivity contribution in [2.24, 2.45) is 5.92 Å². The number of hydrogen-bond acceptors (Lipinski definition) is 2. The molecule has 0 aromatic heterocycles. The van der Waals surface area contributed by atoms with Crippen molar-refractivity contribution in [2.75, 3.05) is 5.32 Å². The molecule has 0 bridgehead atoms. The number of carbonyl (C=O) groups is 1. The predicted octanol–water partition coefficient (Wildman–Crippen LogP) is 5.16. The Morgan fingerprint density at radius 2 is 1.78 bits per heavy atom. The van der Waals surface area contributed by atoms with E-state index in [0.717, 1.165) is 17.7 Å². The smallest absolute Gasteiger partial charge is 0.337 e. The maximum absolute atomic E-state index is 11.9. The fourth-order valence-electron chi connectivity index (χ4n) is 4.96. The van der Waals surface area contributed by atoms with E-state index >= 15 is 0 Å². The Hall–Kier alpha value is -3.07. The fourth-order valence-corrected chi connectivity index (χ4v) is 4.96. The van der Waals surface area contributed by atoms with Gasteiger partial charge in [-0.05, 0) is 47.6 Å². The largest absolute Gasteiger partial charge is 0.478 e. The van der Waals surface area contributed by atoms with Crippen molar-refractivity contribution in [1.82, 2.24) is 0 Å². The summed E-state index contributed by atoms with van der Waals surface area (Å²) in [6.45, 7) is 2.10. The highest BCUT2D eigenvalue weighted by Gasteiger charge is 2.44. The standard InChI is InChI=1S/C24H21NO2/c1-14-6-4-8-16(12-14)22-20-13-15-7-2-3-9-17(15)21(20)18-10-5-11-19(24(26)27)23(18)25-22/h2-12,20-22,25H,13H2,1H3,(H,26,27)/t20-,21+,22-/m0/s1. The van der Waals surface area contributed by atoms with Gasteiger partial charge in [0.2, 0.25) is 0 Å². The summed E-state index contributed by atoms with van der Waals surface area (Å²) in [7, 11) is 0. The van der Waals surface area contributed by atoms with Crippen LogP contribution in [0, 0.1) is 12.8 Å². The first-order chi connectivity index (χ1) is 13.1. The number of nitrogens with one attached hydrogen (secondary N) is 1. The molecule has 2 aliphatic rings. The SMILES string of the molecule is Cc1cccc([C@@H]2Nc3c(C(=O)O)cccc3[C@H]3c4ccccc4C[C@@H]32)c1. The van der Waals surface area contributed by atoms with E-state index in [1.807, 2.05) is 6.07 Å². The molecule has 0 spiro atoms. The molecule has 2 N–H and O–H groups in total. The zero-order valence-electron chi connectivity index (χ0n) is 15.1. The maximum atomic E-state index is 11.9. The molecule has 3 aromatic rings. The molecular weight excluding hydrogens is 334 g/mol. The first kappa shape index (κ1) is 16.1. The van der Waals surface area contributed by atoms with Gasteiger partial charge in [0, 0.05) is 5.92 Å². The van der Waals surface area contributed by atoms with Gasteiger partial charge < -0.3 is 10.4 Å². The van der Waals surface area contributed by atoms with Crippen molar-refractivity contribution in [3.05, 3.63) is 100 Å². The van der Waals surface area contributed by atoms with E-state index in [1.54, 1.807) is 6.07 Å². The third-order valence-electron chi connectivity index (χ3n) is 6.07. The number of aryl methyl sites for hydroxylation is 1. The monoisotopic (exact) mass is 355 g/mol. The molecule has 1 aliphatic heterocycles. The van der Waals surface area contributed by atoms with Gasteiger partial charge in [0.15, 0.2) is 0 Å². The molecule has 134 valence electrons. The van der Waals surface area contributed by atoms with Crippen molar-refractivity contribution >= 4 is 11.7 Å². The van der Waals surface area contributed by atoms with Gasteiger partial charge in [-0.25, -0.2) is 4.79 Å². The van der Waals surface area contributed by atoms with Gasteiger partial charge in [-0.3, -0.25) is 0 Å². The maximum Gasteiger partial charge on any atom is 0.337 e. The molecule has 0 fully saturated rings. The van der Waals surface area contributed by atoms with Crippen LogP contribution in [0.1, 0.15) is 50.1 Å². The average molecular weight is 355 g/mol. The number of para-hydroxylation sites is 1. The first-order valence-corrected chi connectivity index (χ1v) is 9.40. The lowest BCUT2D eigenvalue weighted by Crippen LogP contribution is -2.31. The van der Waals surface area contributed by atoms with E-state index in [9.17, 15) is 9.90 Å². The summed E-state index contributed by atoms with van der Waals surface area (Å²) in [5.41, 5.74) is 7.39. The van der Waals surface area contributed by atoms with Gasteiger partial charge in [0.05, 0.1) is 17.3 Å². The lowest BCUT2D eigenvalue weighted by molar-refractivity contribution is 0.0697. The molecule has 0 saturated carbocycles. The molecule has 0 radical (unpaired) electrons. The predicted molar refractivity (Wildman–Crippen MR) is 106 cm³/mol. The van der Waals surface area contributed by atoms with E-state index in [4.69, 9.17) is 0 Å². The highest BCUT2D eigenvalue weighted by Crippen LogP contribution is 2.54. The number of aromatic carboxylic acids is 1. The van der Waals surface area contributed by atoms with Gasteiger partial charge >= 0.3 is 5.97 Å². The van der Waals surface area contributed by atoms with E-state index in [2.05, 4.69) is 66.8 Å². The summed E-state index contributed by atoms with van der Waals surface area (Å²) >= 11 is 0. The second-order valence-corrected chi connectivity index (χ2v) is 7.66. The fraction of sp³-hybridized carbons (Fsp3) is 0.208. The molecule has 5 rings (SSSR count). The van der Waals surface area contributed by atoms with Crippen LogP contribution in [0.2, 0.25) is 0 Å². The Balaban J connectivity index is 1.73. The van der Waals surface area contributed by atoms with Gasteiger partial charge in [0.25, 0.3) is 0 Å². The molecule has 27 heavy (non-hydrogen) atoms. The van der Waals surface area contributed by atoms with Crippen LogP contribution >= 0.6 is 0 Å². The van der Waals surface area contributed by atoms with Crippen LogP contribution in [-0.4, -0.2) is 11.1 Å². The molecule has 1 aliphatic carbocycles. The molecule has 3 heteroatoms. The van der Waals surface area contributed by atoms with Gasteiger partial charge in [-0.1, -0.05) is 66.2 Å². The van der Waals surface area contributed by atoms with Crippen LogP contribution in [0.4, 0.5) is 5.69 Å². The van der Waals surface area contributed by atoms with Gasteiger partial charge in [-0.15, -0.1) is 0 Å². The van der Waals surface area contributed by atoms with Gasteiger partial charge in [-0.2, -0.15) is 0 Å². The molecular formula is C24H21NO2. The number of carboxylic acid groups (broad SMARTS) is 1. The molecule has 3 nitrogen and oxygen atoms in total.